The Morgan fingerprint density at radius 1 is 0.839 bits per heavy atom. The minimum atomic E-state index is -0.961. The number of ether oxygens (including phenoxy) is 1. The van der Waals surface area contributed by atoms with E-state index in [2.05, 4.69) is 37.8 Å². The molecule has 0 spiro atoms. The summed E-state index contributed by atoms with van der Waals surface area (Å²) in [5, 5.41) is 0. The molecule has 1 fully saturated rings. The standard InChI is InChI=1S/C28H34F2O/c1-3-5-6-20-31-26-19-18-25(27(29)28(26)30)17-12-22-10-15-24(16-11-22)23-13-8-21(7-4-2)9-14-23/h10-11,15-16,18-19,21,23H,3-9,13-14,20H2,1-2H3. The Morgan fingerprint density at radius 2 is 1.58 bits per heavy atom. The molecule has 1 aliphatic rings. The third-order valence-electron chi connectivity index (χ3n) is 6.32. The molecule has 0 unspecified atom stereocenters. The quantitative estimate of drug-likeness (QED) is 0.308. The third-order valence-corrected chi connectivity index (χ3v) is 6.32. The van der Waals surface area contributed by atoms with Gasteiger partial charge in [0.15, 0.2) is 11.6 Å². The van der Waals surface area contributed by atoms with Gasteiger partial charge in [-0.3, -0.25) is 0 Å². The highest BCUT2D eigenvalue weighted by molar-refractivity contribution is 5.46. The summed E-state index contributed by atoms with van der Waals surface area (Å²) in [7, 11) is 0. The predicted octanol–water partition coefficient (Wildman–Crippen LogP) is 8.01. The number of rotatable bonds is 8. The fourth-order valence-electron chi connectivity index (χ4n) is 4.44. The van der Waals surface area contributed by atoms with E-state index in [1.54, 1.807) is 0 Å². The molecule has 0 heterocycles. The van der Waals surface area contributed by atoms with E-state index in [0.717, 1.165) is 30.7 Å². The van der Waals surface area contributed by atoms with E-state index in [1.165, 1.54) is 56.2 Å². The van der Waals surface area contributed by atoms with E-state index in [9.17, 15) is 8.78 Å². The van der Waals surface area contributed by atoms with E-state index >= 15 is 0 Å². The largest absolute Gasteiger partial charge is 0.490 e. The second-order valence-corrected chi connectivity index (χ2v) is 8.67. The van der Waals surface area contributed by atoms with Crippen molar-refractivity contribution in [2.75, 3.05) is 6.61 Å². The molecule has 0 N–H and O–H groups in total. The molecule has 1 saturated carbocycles. The zero-order chi connectivity index (χ0) is 22.1. The molecule has 0 bridgehead atoms. The van der Waals surface area contributed by atoms with Crippen LogP contribution in [0.4, 0.5) is 8.78 Å². The van der Waals surface area contributed by atoms with Crippen LogP contribution in [0.5, 0.6) is 5.75 Å². The number of halogens is 2. The van der Waals surface area contributed by atoms with Gasteiger partial charge < -0.3 is 4.74 Å². The van der Waals surface area contributed by atoms with Crippen molar-refractivity contribution in [3.05, 3.63) is 64.7 Å². The van der Waals surface area contributed by atoms with Gasteiger partial charge in [-0.05, 0) is 73.8 Å². The molecule has 2 aromatic rings. The first-order valence-corrected chi connectivity index (χ1v) is 11.8. The van der Waals surface area contributed by atoms with Crippen molar-refractivity contribution in [1.29, 1.82) is 0 Å². The van der Waals surface area contributed by atoms with E-state index < -0.39 is 11.6 Å². The molecule has 0 atom stereocenters. The second-order valence-electron chi connectivity index (χ2n) is 8.67. The summed E-state index contributed by atoms with van der Waals surface area (Å²) in [4.78, 5) is 0. The van der Waals surface area contributed by atoms with Crippen molar-refractivity contribution in [3.8, 4) is 17.6 Å². The van der Waals surface area contributed by atoms with E-state index in [4.69, 9.17) is 4.74 Å². The van der Waals surface area contributed by atoms with Crippen LogP contribution in [0.1, 0.15) is 94.2 Å². The Morgan fingerprint density at radius 3 is 2.26 bits per heavy atom. The molecule has 0 aliphatic heterocycles. The van der Waals surface area contributed by atoms with Crippen molar-refractivity contribution < 1.29 is 13.5 Å². The first-order chi connectivity index (χ1) is 15.1. The molecule has 2 aromatic carbocycles. The van der Waals surface area contributed by atoms with Crippen LogP contribution in [0.15, 0.2) is 36.4 Å². The third kappa shape index (κ3) is 6.57. The average Bonchev–Trinajstić information content (AvgIpc) is 2.80. The van der Waals surface area contributed by atoms with Gasteiger partial charge >= 0.3 is 0 Å². The normalized spacial score (nSPS) is 18.3. The molecule has 0 saturated heterocycles. The fraction of sp³-hybridized carbons (Fsp3) is 0.500. The molecular formula is C28H34F2O. The first-order valence-electron chi connectivity index (χ1n) is 11.8. The summed E-state index contributed by atoms with van der Waals surface area (Å²) in [6.45, 7) is 4.74. The van der Waals surface area contributed by atoms with Gasteiger partial charge in [0.2, 0.25) is 5.82 Å². The Balaban J connectivity index is 1.61. The van der Waals surface area contributed by atoms with Crippen LogP contribution in [0.3, 0.4) is 0 Å². The molecule has 1 nitrogen and oxygen atoms in total. The monoisotopic (exact) mass is 424 g/mol. The highest BCUT2D eigenvalue weighted by Crippen LogP contribution is 2.37. The Kier molecular flexibility index (Phi) is 8.95. The van der Waals surface area contributed by atoms with Crippen LogP contribution in [-0.4, -0.2) is 6.61 Å². The summed E-state index contributed by atoms with van der Waals surface area (Å²) in [6, 6.07) is 11.2. The minimum Gasteiger partial charge on any atom is -0.490 e. The molecule has 3 heteroatoms. The van der Waals surface area contributed by atoms with Gasteiger partial charge in [0, 0.05) is 5.56 Å². The van der Waals surface area contributed by atoms with Crippen molar-refractivity contribution in [2.45, 2.75) is 77.6 Å². The van der Waals surface area contributed by atoms with Crippen LogP contribution >= 0.6 is 0 Å². The summed E-state index contributed by atoms with van der Waals surface area (Å²) < 4.78 is 34.0. The van der Waals surface area contributed by atoms with Gasteiger partial charge in [-0.25, -0.2) is 4.39 Å². The highest BCUT2D eigenvalue weighted by Gasteiger charge is 2.21. The lowest BCUT2D eigenvalue weighted by atomic mass is 9.77. The molecule has 0 aromatic heterocycles. The fourth-order valence-corrected chi connectivity index (χ4v) is 4.44. The molecule has 0 amide bonds. The van der Waals surface area contributed by atoms with Gasteiger partial charge in [-0.2, -0.15) is 4.39 Å². The molecule has 31 heavy (non-hydrogen) atoms. The van der Waals surface area contributed by atoms with E-state index in [1.807, 2.05) is 12.1 Å². The van der Waals surface area contributed by atoms with Crippen LogP contribution in [-0.2, 0) is 0 Å². The smallest absolute Gasteiger partial charge is 0.201 e. The molecule has 166 valence electrons. The lowest BCUT2D eigenvalue weighted by Crippen LogP contribution is -2.13. The second kappa shape index (κ2) is 11.9. The predicted molar refractivity (Wildman–Crippen MR) is 123 cm³/mol. The summed E-state index contributed by atoms with van der Waals surface area (Å²) in [5.41, 5.74) is 2.22. The molecule has 3 rings (SSSR count). The minimum absolute atomic E-state index is 0.0443. The summed E-state index contributed by atoms with van der Waals surface area (Å²) in [6.07, 6.45) is 10.7. The van der Waals surface area contributed by atoms with Crippen LogP contribution in [0, 0.1) is 29.4 Å². The van der Waals surface area contributed by atoms with E-state index in [-0.39, 0.29) is 11.3 Å². The number of benzene rings is 2. The van der Waals surface area contributed by atoms with Crippen LogP contribution < -0.4 is 4.74 Å². The lowest BCUT2D eigenvalue weighted by molar-refractivity contribution is 0.286. The van der Waals surface area contributed by atoms with Gasteiger partial charge in [0.25, 0.3) is 0 Å². The first kappa shape index (κ1) is 23.3. The van der Waals surface area contributed by atoms with Crippen molar-refractivity contribution >= 4 is 0 Å². The Bertz CT molecular complexity index is 884. The van der Waals surface area contributed by atoms with Crippen molar-refractivity contribution in [2.24, 2.45) is 5.92 Å². The lowest BCUT2D eigenvalue weighted by Gasteiger charge is -2.28. The van der Waals surface area contributed by atoms with Gasteiger partial charge in [0.05, 0.1) is 12.2 Å². The topological polar surface area (TPSA) is 9.23 Å². The maximum atomic E-state index is 14.4. The molecule has 1 aliphatic carbocycles. The van der Waals surface area contributed by atoms with Crippen LogP contribution in [0.2, 0.25) is 0 Å². The SMILES string of the molecule is CCCCCOc1ccc(C#Cc2ccc(C3CCC(CCC)CC3)cc2)c(F)c1F. The zero-order valence-electron chi connectivity index (χ0n) is 18.9. The summed E-state index contributed by atoms with van der Waals surface area (Å²) >= 11 is 0. The summed E-state index contributed by atoms with van der Waals surface area (Å²) in [5.74, 6) is 5.32. The maximum absolute atomic E-state index is 14.4. The van der Waals surface area contributed by atoms with Gasteiger partial charge in [-0.1, -0.05) is 63.5 Å². The van der Waals surface area contributed by atoms with Crippen molar-refractivity contribution in [3.63, 3.8) is 0 Å². The highest BCUT2D eigenvalue weighted by atomic mass is 19.2. The number of unbranched alkanes of at least 4 members (excludes halogenated alkanes) is 2. The maximum Gasteiger partial charge on any atom is 0.201 e. The molecular weight excluding hydrogens is 390 g/mol. The van der Waals surface area contributed by atoms with Crippen LogP contribution in [0.25, 0.3) is 0 Å². The van der Waals surface area contributed by atoms with E-state index in [0.29, 0.717) is 12.5 Å². The van der Waals surface area contributed by atoms with Gasteiger partial charge in [-0.15, -0.1) is 0 Å². The number of hydrogen-bond donors (Lipinski definition) is 0. The molecule has 0 radical (unpaired) electrons. The zero-order valence-corrected chi connectivity index (χ0v) is 18.9. The Labute approximate surface area is 186 Å². The number of hydrogen-bond acceptors (Lipinski definition) is 1. The Hall–Kier alpha value is -2.34. The van der Waals surface area contributed by atoms with Gasteiger partial charge in [0.1, 0.15) is 0 Å². The van der Waals surface area contributed by atoms with Crippen molar-refractivity contribution in [1.82, 2.24) is 0 Å². The average molecular weight is 425 g/mol.